The first kappa shape index (κ1) is 10.0. The number of hydrogen-bond acceptors (Lipinski definition) is 3. The van der Waals surface area contributed by atoms with Crippen LogP contribution in [0.2, 0.25) is 0 Å². The predicted molar refractivity (Wildman–Crippen MR) is 53.6 cm³/mol. The smallest absolute Gasteiger partial charge is 0.160 e. The summed E-state index contributed by atoms with van der Waals surface area (Å²) in [5.41, 5.74) is 0.518. The zero-order valence-electron chi connectivity index (χ0n) is 7.87. The van der Waals surface area contributed by atoms with E-state index < -0.39 is 6.17 Å². The third kappa shape index (κ3) is 1.68. The fraction of sp³-hybridized carbons (Fsp3) is 0.750. The molecule has 2 heterocycles. The van der Waals surface area contributed by atoms with Crippen molar-refractivity contribution >= 4 is 15.9 Å². The van der Waals surface area contributed by atoms with E-state index in [1.165, 1.54) is 4.68 Å². The lowest BCUT2D eigenvalue weighted by Gasteiger charge is -2.15. The van der Waals surface area contributed by atoms with E-state index in [2.05, 4.69) is 31.6 Å². The maximum absolute atomic E-state index is 14.0. The summed E-state index contributed by atoms with van der Waals surface area (Å²) >= 11 is 3.20. The largest absolute Gasteiger partial charge is 0.311 e. The Labute approximate surface area is 90.0 Å². The van der Waals surface area contributed by atoms with Crippen LogP contribution in [-0.4, -0.2) is 27.6 Å². The van der Waals surface area contributed by atoms with Crippen LogP contribution in [0.1, 0.15) is 24.7 Å². The Balaban J connectivity index is 2.21. The van der Waals surface area contributed by atoms with Crippen molar-refractivity contribution < 1.29 is 4.39 Å². The van der Waals surface area contributed by atoms with Gasteiger partial charge in [0, 0.05) is 13.1 Å². The Kier molecular flexibility index (Phi) is 2.83. The number of nitrogens with zero attached hydrogens (tertiary/aromatic N) is 3. The standard InChI is InChI=1S/C8H12BrFN4/c1-14-7(8(9)12-13-14)6(10)5-3-2-4-11-5/h5-6,11H,2-4H2,1H3. The predicted octanol–water partition coefficient (Wildman–Crippen LogP) is 1.34. The van der Waals surface area contributed by atoms with E-state index in [-0.39, 0.29) is 6.04 Å². The molecule has 78 valence electrons. The van der Waals surface area contributed by atoms with Gasteiger partial charge in [0.2, 0.25) is 0 Å². The van der Waals surface area contributed by atoms with Crippen molar-refractivity contribution in [3.63, 3.8) is 0 Å². The maximum atomic E-state index is 14.0. The molecule has 0 spiro atoms. The Morgan fingerprint density at radius 2 is 2.50 bits per heavy atom. The van der Waals surface area contributed by atoms with Crippen LogP contribution >= 0.6 is 15.9 Å². The van der Waals surface area contributed by atoms with Crippen LogP contribution in [0, 0.1) is 0 Å². The van der Waals surface area contributed by atoms with Crippen LogP contribution in [0.25, 0.3) is 0 Å². The van der Waals surface area contributed by atoms with Crippen LogP contribution in [0.5, 0.6) is 0 Å². The van der Waals surface area contributed by atoms with Crippen molar-refractivity contribution in [2.45, 2.75) is 25.1 Å². The average molecular weight is 263 g/mol. The number of rotatable bonds is 2. The average Bonchev–Trinajstić information content (AvgIpc) is 2.75. The highest BCUT2D eigenvalue weighted by Crippen LogP contribution is 2.29. The summed E-state index contributed by atoms with van der Waals surface area (Å²) < 4.78 is 16.0. The number of aromatic nitrogens is 3. The molecule has 1 saturated heterocycles. The molecule has 1 N–H and O–H groups in total. The number of aryl methyl sites for hydroxylation is 1. The first-order valence-electron chi connectivity index (χ1n) is 4.62. The third-order valence-corrected chi connectivity index (χ3v) is 3.10. The zero-order valence-corrected chi connectivity index (χ0v) is 9.46. The second-order valence-electron chi connectivity index (χ2n) is 3.49. The maximum Gasteiger partial charge on any atom is 0.160 e. The van der Waals surface area contributed by atoms with Gasteiger partial charge in [-0.05, 0) is 35.3 Å². The molecule has 1 aromatic heterocycles. The minimum atomic E-state index is -1.04. The first-order chi connectivity index (χ1) is 6.70. The molecule has 4 nitrogen and oxygen atoms in total. The van der Waals surface area contributed by atoms with E-state index in [0.717, 1.165) is 19.4 Å². The molecule has 2 unspecified atom stereocenters. The Bertz CT molecular complexity index is 302. The Morgan fingerprint density at radius 3 is 3.00 bits per heavy atom. The van der Waals surface area contributed by atoms with E-state index in [1.807, 2.05) is 0 Å². The van der Waals surface area contributed by atoms with Gasteiger partial charge in [0.05, 0.1) is 0 Å². The van der Waals surface area contributed by atoms with Gasteiger partial charge in [0.25, 0.3) is 0 Å². The molecule has 0 saturated carbocycles. The number of alkyl halides is 1. The summed E-state index contributed by atoms with van der Waals surface area (Å²) in [6, 6.07) is -0.0940. The van der Waals surface area contributed by atoms with E-state index in [1.54, 1.807) is 7.05 Å². The van der Waals surface area contributed by atoms with Gasteiger partial charge in [0.15, 0.2) is 10.8 Å². The molecule has 1 fully saturated rings. The highest BCUT2D eigenvalue weighted by molar-refractivity contribution is 9.10. The molecule has 2 rings (SSSR count). The number of halogens is 2. The zero-order chi connectivity index (χ0) is 10.1. The summed E-state index contributed by atoms with van der Waals surface area (Å²) in [7, 11) is 1.70. The van der Waals surface area contributed by atoms with Crippen molar-refractivity contribution in [2.75, 3.05) is 6.54 Å². The van der Waals surface area contributed by atoms with Gasteiger partial charge >= 0.3 is 0 Å². The lowest BCUT2D eigenvalue weighted by atomic mass is 10.1. The normalized spacial score (nSPS) is 24.1. The fourth-order valence-electron chi connectivity index (χ4n) is 1.78. The van der Waals surface area contributed by atoms with Crippen LogP contribution in [-0.2, 0) is 7.05 Å². The van der Waals surface area contributed by atoms with Crippen LogP contribution < -0.4 is 5.32 Å². The molecule has 1 aliphatic heterocycles. The topological polar surface area (TPSA) is 42.7 Å². The lowest BCUT2D eigenvalue weighted by molar-refractivity contribution is 0.256. The van der Waals surface area contributed by atoms with Crippen molar-refractivity contribution in [3.05, 3.63) is 10.3 Å². The van der Waals surface area contributed by atoms with Gasteiger partial charge in [-0.25, -0.2) is 9.07 Å². The molecule has 0 radical (unpaired) electrons. The molecule has 0 bridgehead atoms. The molecule has 14 heavy (non-hydrogen) atoms. The fourth-order valence-corrected chi connectivity index (χ4v) is 2.33. The quantitative estimate of drug-likeness (QED) is 0.875. The van der Waals surface area contributed by atoms with E-state index in [0.29, 0.717) is 10.3 Å². The molecule has 1 aromatic rings. The minimum Gasteiger partial charge on any atom is -0.311 e. The van der Waals surface area contributed by atoms with Gasteiger partial charge in [-0.15, -0.1) is 5.10 Å². The molecule has 0 aromatic carbocycles. The van der Waals surface area contributed by atoms with Gasteiger partial charge < -0.3 is 5.32 Å². The van der Waals surface area contributed by atoms with E-state index in [4.69, 9.17) is 0 Å². The van der Waals surface area contributed by atoms with Crippen molar-refractivity contribution in [2.24, 2.45) is 7.05 Å². The van der Waals surface area contributed by atoms with Gasteiger partial charge in [0.1, 0.15) is 5.69 Å². The van der Waals surface area contributed by atoms with Crippen LogP contribution in [0.4, 0.5) is 4.39 Å². The Morgan fingerprint density at radius 1 is 1.71 bits per heavy atom. The van der Waals surface area contributed by atoms with Gasteiger partial charge in [-0.2, -0.15) is 0 Å². The highest BCUT2D eigenvalue weighted by atomic mass is 79.9. The monoisotopic (exact) mass is 262 g/mol. The molecular formula is C8H12BrFN4. The summed E-state index contributed by atoms with van der Waals surface area (Å²) in [5, 5.41) is 10.7. The number of hydrogen-bond donors (Lipinski definition) is 1. The summed E-state index contributed by atoms with van der Waals surface area (Å²) in [5.74, 6) is 0. The van der Waals surface area contributed by atoms with Crippen molar-refractivity contribution in [3.8, 4) is 0 Å². The van der Waals surface area contributed by atoms with Crippen molar-refractivity contribution in [1.82, 2.24) is 20.3 Å². The molecular weight excluding hydrogens is 251 g/mol. The summed E-state index contributed by atoms with van der Waals surface area (Å²) in [6.45, 7) is 0.897. The molecule has 1 aliphatic rings. The van der Waals surface area contributed by atoms with Crippen LogP contribution in [0.3, 0.4) is 0 Å². The SMILES string of the molecule is Cn1nnc(Br)c1C(F)C1CCCN1. The summed E-state index contributed by atoms with van der Waals surface area (Å²) in [4.78, 5) is 0. The van der Waals surface area contributed by atoms with E-state index >= 15 is 0 Å². The van der Waals surface area contributed by atoms with Crippen molar-refractivity contribution in [1.29, 1.82) is 0 Å². The molecule has 0 amide bonds. The molecule has 2 atom stereocenters. The van der Waals surface area contributed by atoms with Gasteiger partial charge in [-0.3, -0.25) is 0 Å². The van der Waals surface area contributed by atoms with Crippen LogP contribution in [0.15, 0.2) is 4.60 Å². The molecule has 6 heteroatoms. The lowest BCUT2D eigenvalue weighted by Crippen LogP contribution is -2.27. The second-order valence-corrected chi connectivity index (χ2v) is 4.24. The number of nitrogens with one attached hydrogen (secondary N) is 1. The summed E-state index contributed by atoms with van der Waals surface area (Å²) in [6.07, 6.45) is 0.874. The first-order valence-corrected chi connectivity index (χ1v) is 5.42. The third-order valence-electron chi connectivity index (χ3n) is 2.54. The molecule has 0 aliphatic carbocycles. The van der Waals surface area contributed by atoms with Gasteiger partial charge in [-0.1, -0.05) is 5.21 Å². The minimum absolute atomic E-state index is 0.0940. The second kappa shape index (κ2) is 3.94. The van der Waals surface area contributed by atoms with E-state index in [9.17, 15) is 4.39 Å². The Hall–Kier alpha value is -0.490. The highest BCUT2D eigenvalue weighted by Gasteiger charge is 2.30.